The normalized spacial score (nSPS) is 11.4. The third-order valence-electron chi connectivity index (χ3n) is 1.70. The fourth-order valence-corrected chi connectivity index (χ4v) is 0.922. The van der Waals surface area contributed by atoms with Crippen LogP contribution in [-0.2, 0) is 0 Å². The summed E-state index contributed by atoms with van der Waals surface area (Å²) in [5, 5.41) is 11.4. The molecule has 0 saturated carbocycles. The second-order valence-electron chi connectivity index (χ2n) is 2.97. The highest BCUT2D eigenvalue weighted by Crippen LogP contribution is 2.22. The number of anilines is 1. The first-order valence-electron chi connectivity index (χ1n) is 3.99. The third kappa shape index (κ3) is 3.16. The number of hydrogen-bond acceptors (Lipinski definition) is 2. The largest absolute Gasteiger partial charge is 0.508 e. The molecule has 0 bridgehead atoms. The summed E-state index contributed by atoms with van der Waals surface area (Å²) in [4.78, 5) is 0. The summed E-state index contributed by atoms with van der Waals surface area (Å²) in [5.74, 6) is -0.0165. The summed E-state index contributed by atoms with van der Waals surface area (Å²) in [6.45, 7) is 0.568. The van der Waals surface area contributed by atoms with Crippen molar-refractivity contribution < 1.29 is 18.3 Å². The zero-order chi connectivity index (χ0) is 10.8. The van der Waals surface area contributed by atoms with E-state index in [-0.39, 0.29) is 11.4 Å². The molecule has 0 aromatic heterocycles. The van der Waals surface area contributed by atoms with Crippen LogP contribution in [0.1, 0.15) is 5.56 Å². The lowest BCUT2D eigenvalue weighted by molar-refractivity contribution is -0.115. The van der Waals surface area contributed by atoms with Crippen molar-refractivity contribution in [1.29, 1.82) is 0 Å². The van der Waals surface area contributed by atoms with E-state index >= 15 is 0 Å². The molecule has 1 aromatic carbocycles. The molecule has 0 aliphatic rings. The molecule has 0 aliphatic heterocycles. The van der Waals surface area contributed by atoms with E-state index in [1.54, 1.807) is 13.0 Å². The highest BCUT2D eigenvalue weighted by Gasteiger charge is 2.26. The molecule has 14 heavy (non-hydrogen) atoms. The number of alkyl halides is 3. The lowest BCUT2D eigenvalue weighted by Gasteiger charge is -2.10. The molecule has 0 fully saturated rings. The van der Waals surface area contributed by atoms with Crippen molar-refractivity contribution in [3.63, 3.8) is 0 Å². The fourth-order valence-electron chi connectivity index (χ4n) is 0.922. The quantitative estimate of drug-likeness (QED) is 0.777. The topological polar surface area (TPSA) is 32.3 Å². The molecule has 0 spiro atoms. The summed E-state index contributed by atoms with van der Waals surface area (Å²) < 4.78 is 35.4. The van der Waals surface area contributed by atoms with E-state index in [0.29, 0.717) is 5.56 Å². The monoisotopic (exact) mass is 205 g/mol. The van der Waals surface area contributed by atoms with Crippen molar-refractivity contribution in [2.75, 3.05) is 11.9 Å². The second kappa shape index (κ2) is 3.77. The van der Waals surface area contributed by atoms with Crippen molar-refractivity contribution >= 4 is 5.69 Å². The Balaban J connectivity index is 2.65. The molecular weight excluding hydrogens is 195 g/mol. The van der Waals surface area contributed by atoms with Crippen LogP contribution >= 0.6 is 0 Å². The van der Waals surface area contributed by atoms with Gasteiger partial charge in [0.2, 0.25) is 0 Å². The van der Waals surface area contributed by atoms with Gasteiger partial charge in [-0.1, -0.05) is 6.07 Å². The highest BCUT2D eigenvalue weighted by atomic mass is 19.4. The maximum atomic E-state index is 11.8. The summed E-state index contributed by atoms with van der Waals surface area (Å²) in [7, 11) is 0. The van der Waals surface area contributed by atoms with Gasteiger partial charge in [0.15, 0.2) is 0 Å². The van der Waals surface area contributed by atoms with Crippen molar-refractivity contribution in [3.8, 4) is 5.75 Å². The number of phenolic OH excluding ortho intramolecular Hbond substituents is 1. The Morgan fingerprint density at radius 1 is 1.36 bits per heavy atom. The molecule has 0 unspecified atom stereocenters. The molecule has 5 heteroatoms. The van der Waals surface area contributed by atoms with Gasteiger partial charge in [0, 0.05) is 11.8 Å². The lowest BCUT2D eigenvalue weighted by atomic mass is 10.2. The Hall–Kier alpha value is -1.39. The van der Waals surface area contributed by atoms with E-state index < -0.39 is 12.7 Å². The molecular formula is C9H10F3NO. The Morgan fingerprint density at radius 2 is 2.00 bits per heavy atom. The molecule has 2 N–H and O–H groups in total. The maximum absolute atomic E-state index is 11.8. The van der Waals surface area contributed by atoms with Gasteiger partial charge in [-0.25, -0.2) is 0 Å². The number of phenols is 1. The molecule has 0 saturated heterocycles. The van der Waals surface area contributed by atoms with Crippen molar-refractivity contribution in [2.45, 2.75) is 13.1 Å². The van der Waals surface area contributed by atoms with Crippen molar-refractivity contribution in [2.24, 2.45) is 0 Å². The molecule has 2 nitrogen and oxygen atoms in total. The minimum absolute atomic E-state index is 0.0165. The second-order valence-corrected chi connectivity index (χ2v) is 2.97. The molecule has 0 amide bonds. The summed E-state index contributed by atoms with van der Waals surface area (Å²) in [5.41, 5.74) is 0.882. The highest BCUT2D eigenvalue weighted by molar-refractivity contribution is 5.50. The van der Waals surface area contributed by atoms with Gasteiger partial charge in [0.05, 0.1) is 0 Å². The Labute approximate surface area is 79.4 Å². The molecule has 0 atom stereocenters. The summed E-state index contributed by atoms with van der Waals surface area (Å²) in [6, 6.07) is 4.30. The average Bonchev–Trinajstić information content (AvgIpc) is 2.06. The maximum Gasteiger partial charge on any atom is 0.405 e. The number of aryl methyl sites for hydroxylation is 1. The van der Waals surface area contributed by atoms with Crippen LogP contribution in [0.2, 0.25) is 0 Å². The zero-order valence-electron chi connectivity index (χ0n) is 7.52. The predicted octanol–water partition coefficient (Wildman–Crippen LogP) is 2.67. The SMILES string of the molecule is Cc1ccc(NCC(F)(F)F)cc1O. The fraction of sp³-hybridized carbons (Fsp3) is 0.333. The number of hydrogen-bond donors (Lipinski definition) is 2. The molecule has 78 valence electrons. The average molecular weight is 205 g/mol. The van der Waals surface area contributed by atoms with Gasteiger partial charge in [-0.3, -0.25) is 0 Å². The van der Waals surface area contributed by atoms with Gasteiger partial charge in [-0.2, -0.15) is 13.2 Å². The van der Waals surface area contributed by atoms with Crippen LogP contribution in [0.25, 0.3) is 0 Å². The van der Waals surface area contributed by atoms with Crippen LogP contribution in [0, 0.1) is 6.92 Å². The number of aromatic hydroxyl groups is 1. The Kier molecular flexibility index (Phi) is 2.88. The van der Waals surface area contributed by atoms with Crippen molar-refractivity contribution in [3.05, 3.63) is 23.8 Å². The number of halogens is 3. The Morgan fingerprint density at radius 3 is 2.50 bits per heavy atom. The van der Waals surface area contributed by atoms with E-state index in [4.69, 9.17) is 0 Å². The first-order chi connectivity index (χ1) is 6.38. The van der Waals surface area contributed by atoms with E-state index in [1.165, 1.54) is 12.1 Å². The van der Waals surface area contributed by atoms with Crippen LogP contribution in [0.5, 0.6) is 5.75 Å². The van der Waals surface area contributed by atoms with Gasteiger partial charge < -0.3 is 10.4 Å². The summed E-state index contributed by atoms with van der Waals surface area (Å²) >= 11 is 0. The first kappa shape index (κ1) is 10.7. The van der Waals surface area contributed by atoms with E-state index in [1.807, 2.05) is 0 Å². The van der Waals surface area contributed by atoms with Crippen LogP contribution in [0.3, 0.4) is 0 Å². The van der Waals surface area contributed by atoms with Gasteiger partial charge >= 0.3 is 6.18 Å². The van der Waals surface area contributed by atoms with E-state index in [0.717, 1.165) is 0 Å². The number of benzene rings is 1. The van der Waals surface area contributed by atoms with Crippen LogP contribution in [0.15, 0.2) is 18.2 Å². The third-order valence-corrected chi connectivity index (χ3v) is 1.70. The molecule has 0 heterocycles. The molecule has 1 rings (SSSR count). The lowest BCUT2D eigenvalue weighted by Crippen LogP contribution is -2.21. The molecule has 0 aliphatic carbocycles. The van der Waals surface area contributed by atoms with E-state index in [9.17, 15) is 18.3 Å². The minimum atomic E-state index is -4.25. The number of rotatable bonds is 2. The Bertz CT molecular complexity index is 322. The van der Waals surface area contributed by atoms with Crippen LogP contribution < -0.4 is 5.32 Å². The van der Waals surface area contributed by atoms with Gasteiger partial charge in [0.1, 0.15) is 12.3 Å². The van der Waals surface area contributed by atoms with Crippen molar-refractivity contribution in [1.82, 2.24) is 0 Å². The van der Waals surface area contributed by atoms with Gasteiger partial charge in [-0.15, -0.1) is 0 Å². The smallest absolute Gasteiger partial charge is 0.405 e. The minimum Gasteiger partial charge on any atom is -0.508 e. The number of nitrogens with one attached hydrogen (secondary N) is 1. The van der Waals surface area contributed by atoms with Crippen LogP contribution in [0.4, 0.5) is 18.9 Å². The predicted molar refractivity (Wildman–Crippen MR) is 47.4 cm³/mol. The molecule has 0 radical (unpaired) electrons. The van der Waals surface area contributed by atoms with Crippen LogP contribution in [-0.4, -0.2) is 17.8 Å². The molecule has 1 aromatic rings. The zero-order valence-corrected chi connectivity index (χ0v) is 7.52. The standard InChI is InChI=1S/C9H10F3NO/c1-6-2-3-7(4-8(6)14)13-5-9(10,11)12/h2-4,13-14H,5H2,1H3. The summed E-state index contributed by atoms with van der Waals surface area (Å²) in [6.07, 6.45) is -4.25. The van der Waals surface area contributed by atoms with Gasteiger partial charge in [-0.05, 0) is 18.6 Å². The van der Waals surface area contributed by atoms with E-state index in [2.05, 4.69) is 5.32 Å². The first-order valence-corrected chi connectivity index (χ1v) is 3.99. The van der Waals surface area contributed by atoms with Gasteiger partial charge in [0.25, 0.3) is 0 Å².